The number of amides is 2. The van der Waals surface area contributed by atoms with Gasteiger partial charge >= 0.3 is 6.09 Å². The summed E-state index contributed by atoms with van der Waals surface area (Å²) in [5.41, 5.74) is -0.554. The zero-order chi connectivity index (χ0) is 17.4. The van der Waals surface area contributed by atoms with Gasteiger partial charge in [-0.1, -0.05) is 34.8 Å². The first-order valence-corrected chi connectivity index (χ1v) is 8.45. The Bertz CT molecular complexity index is 511. The van der Waals surface area contributed by atoms with Crippen molar-refractivity contribution in [3.05, 3.63) is 0 Å². The van der Waals surface area contributed by atoms with Crippen LogP contribution in [0.1, 0.15) is 32.1 Å². The number of Topliss-reactive ketones (excluding diaryl/α,β-unsaturated/α-hetero) is 1. The van der Waals surface area contributed by atoms with E-state index in [1.165, 1.54) is 16.9 Å². The number of hydrogen-bond donors (Lipinski definition) is 0. The molecule has 0 radical (unpaired) electrons. The number of likely N-dealkylation sites (tertiary alicyclic amines) is 1. The molecule has 1 saturated carbocycles. The van der Waals surface area contributed by atoms with E-state index in [1.807, 2.05) is 0 Å². The molecule has 1 saturated heterocycles. The maximum Gasteiger partial charge on any atom is 0.409 e. The summed E-state index contributed by atoms with van der Waals surface area (Å²) in [5.74, 6) is -0.445. The van der Waals surface area contributed by atoms with Gasteiger partial charge in [-0.15, -0.1) is 0 Å². The molecule has 23 heavy (non-hydrogen) atoms. The average molecular weight is 386 g/mol. The van der Waals surface area contributed by atoms with Gasteiger partial charge in [-0.05, 0) is 19.3 Å². The molecule has 0 aromatic carbocycles. The highest BCUT2D eigenvalue weighted by molar-refractivity contribution is 6.76. The highest BCUT2D eigenvalue weighted by Crippen LogP contribution is 2.45. The Labute approximate surface area is 149 Å². The second-order valence-corrected chi connectivity index (χ2v) is 8.40. The number of hydrogen-bond acceptors (Lipinski definition) is 4. The summed E-state index contributed by atoms with van der Waals surface area (Å²) in [6.07, 6.45) is 1.86. The van der Waals surface area contributed by atoms with E-state index < -0.39 is 21.3 Å². The number of alkyl halides is 3. The van der Waals surface area contributed by atoms with Crippen molar-refractivity contribution in [1.29, 1.82) is 0 Å². The van der Waals surface area contributed by atoms with Crippen LogP contribution >= 0.6 is 34.8 Å². The van der Waals surface area contributed by atoms with Gasteiger partial charge in [0.2, 0.25) is 0 Å². The van der Waals surface area contributed by atoms with Crippen molar-refractivity contribution < 1.29 is 19.1 Å². The van der Waals surface area contributed by atoms with Gasteiger partial charge in [-0.2, -0.15) is 0 Å². The molecule has 0 aromatic rings. The lowest BCUT2D eigenvalue weighted by molar-refractivity contribution is -0.138. The Hall–Kier alpha value is -0.720. The minimum atomic E-state index is -2.06. The van der Waals surface area contributed by atoms with Crippen LogP contribution in [0.15, 0.2) is 0 Å². The number of ether oxygens (including phenoxy) is 1. The molecule has 2 rings (SSSR count). The lowest BCUT2D eigenvalue weighted by Gasteiger charge is -2.42. The Kier molecular flexibility index (Phi) is 5.38. The highest BCUT2D eigenvalue weighted by atomic mass is 35.6. The minimum absolute atomic E-state index is 0.168. The molecule has 1 heterocycles. The van der Waals surface area contributed by atoms with E-state index in [2.05, 4.69) is 0 Å². The van der Waals surface area contributed by atoms with Crippen molar-refractivity contribution in [2.75, 3.05) is 20.7 Å². The quantitative estimate of drug-likeness (QED) is 0.651. The molecule has 0 N–H and O–H groups in total. The number of carbonyl (C=O) groups excluding carboxylic acids is 3. The van der Waals surface area contributed by atoms with Crippen LogP contribution in [-0.2, 0) is 14.3 Å². The standard InChI is InChI=1S/C14H19Cl3N2O4/c1-18(12(22)23-2)9-7-13(5-3-10(20)4-6-13)19(8-9)11(21)14(15,16)17/h9H,3-8H2,1-2H3. The van der Waals surface area contributed by atoms with Crippen LogP contribution in [0, 0.1) is 0 Å². The van der Waals surface area contributed by atoms with Gasteiger partial charge in [0.25, 0.3) is 9.70 Å². The first-order valence-electron chi connectivity index (χ1n) is 7.32. The van der Waals surface area contributed by atoms with Crippen LogP contribution in [-0.4, -0.2) is 63.7 Å². The van der Waals surface area contributed by atoms with E-state index in [4.69, 9.17) is 39.5 Å². The number of rotatable bonds is 1. The molecule has 0 bridgehead atoms. The van der Waals surface area contributed by atoms with E-state index in [9.17, 15) is 14.4 Å². The monoisotopic (exact) mass is 384 g/mol. The van der Waals surface area contributed by atoms with Crippen molar-refractivity contribution in [3.8, 4) is 0 Å². The molecule has 2 amide bonds. The third-order valence-corrected chi connectivity index (χ3v) is 5.30. The first-order chi connectivity index (χ1) is 10.6. The Morgan fingerprint density at radius 3 is 2.35 bits per heavy atom. The predicted octanol–water partition coefficient (Wildman–Crippen LogP) is 2.54. The van der Waals surface area contributed by atoms with Crippen molar-refractivity contribution in [1.82, 2.24) is 9.80 Å². The van der Waals surface area contributed by atoms with E-state index in [0.717, 1.165) is 0 Å². The van der Waals surface area contributed by atoms with Crippen molar-refractivity contribution in [2.45, 2.75) is 47.5 Å². The van der Waals surface area contributed by atoms with Crippen LogP contribution in [0.25, 0.3) is 0 Å². The van der Waals surface area contributed by atoms with E-state index in [0.29, 0.717) is 32.1 Å². The van der Waals surface area contributed by atoms with Gasteiger partial charge in [0.15, 0.2) is 0 Å². The van der Waals surface area contributed by atoms with Gasteiger partial charge in [-0.3, -0.25) is 9.59 Å². The molecule has 1 aliphatic heterocycles. The molecule has 6 nitrogen and oxygen atoms in total. The summed E-state index contributed by atoms with van der Waals surface area (Å²) in [6.45, 7) is 0.256. The number of halogens is 3. The third kappa shape index (κ3) is 3.69. The Morgan fingerprint density at radius 1 is 1.30 bits per heavy atom. The molecule has 2 aliphatic rings. The summed E-state index contributed by atoms with van der Waals surface area (Å²) in [5, 5.41) is 0. The zero-order valence-corrected chi connectivity index (χ0v) is 15.2. The predicted molar refractivity (Wildman–Crippen MR) is 86.8 cm³/mol. The Balaban J connectivity index is 2.27. The lowest BCUT2D eigenvalue weighted by Crippen LogP contribution is -2.53. The van der Waals surface area contributed by atoms with E-state index >= 15 is 0 Å². The highest BCUT2D eigenvalue weighted by Gasteiger charge is 2.54. The van der Waals surface area contributed by atoms with Crippen LogP contribution in [0.4, 0.5) is 4.79 Å². The van der Waals surface area contributed by atoms with Crippen LogP contribution in [0.2, 0.25) is 0 Å². The molecule has 0 aromatic heterocycles. The molecular weight excluding hydrogens is 367 g/mol. The number of carbonyl (C=O) groups is 3. The summed E-state index contributed by atoms with van der Waals surface area (Å²) in [4.78, 5) is 38.9. The molecular formula is C14H19Cl3N2O4. The van der Waals surface area contributed by atoms with Gasteiger partial charge in [0.1, 0.15) is 5.78 Å². The topological polar surface area (TPSA) is 66.9 Å². The number of methoxy groups -OCH3 is 1. The lowest BCUT2D eigenvalue weighted by atomic mass is 9.78. The second-order valence-electron chi connectivity index (χ2n) is 6.12. The smallest absolute Gasteiger partial charge is 0.409 e. The van der Waals surface area contributed by atoms with Crippen molar-refractivity contribution >= 4 is 52.6 Å². The fourth-order valence-electron chi connectivity index (χ4n) is 3.49. The van der Waals surface area contributed by atoms with E-state index in [1.54, 1.807) is 7.05 Å². The normalized spacial score (nSPS) is 24.0. The zero-order valence-electron chi connectivity index (χ0n) is 13.0. The number of ketones is 1. The molecule has 130 valence electrons. The van der Waals surface area contributed by atoms with Gasteiger partial charge in [0.05, 0.1) is 13.2 Å². The van der Waals surface area contributed by atoms with Gasteiger partial charge in [-0.25, -0.2) is 4.79 Å². The minimum Gasteiger partial charge on any atom is -0.453 e. The maximum atomic E-state index is 12.5. The summed E-state index contributed by atoms with van der Waals surface area (Å²) in [6, 6.07) is -0.244. The average Bonchev–Trinajstić information content (AvgIpc) is 2.86. The summed E-state index contributed by atoms with van der Waals surface area (Å²) < 4.78 is 2.67. The molecule has 1 spiro atoms. The fraction of sp³-hybridized carbons (Fsp3) is 0.786. The van der Waals surface area contributed by atoms with E-state index in [-0.39, 0.29) is 18.4 Å². The van der Waals surface area contributed by atoms with Crippen LogP contribution < -0.4 is 0 Å². The Morgan fingerprint density at radius 2 is 1.87 bits per heavy atom. The summed E-state index contributed by atoms with van der Waals surface area (Å²) in [7, 11) is 2.91. The molecule has 1 atom stereocenters. The number of nitrogens with zero attached hydrogens (tertiary/aromatic N) is 2. The van der Waals surface area contributed by atoms with Crippen molar-refractivity contribution in [3.63, 3.8) is 0 Å². The van der Waals surface area contributed by atoms with Crippen LogP contribution in [0.5, 0.6) is 0 Å². The summed E-state index contributed by atoms with van der Waals surface area (Å²) >= 11 is 17.3. The third-order valence-electron chi connectivity index (χ3n) is 4.82. The molecule has 2 fully saturated rings. The molecule has 1 unspecified atom stereocenters. The van der Waals surface area contributed by atoms with Gasteiger partial charge < -0.3 is 14.5 Å². The fourth-order valence-corrected chi connectivity index (χ4v) is 3.80. The second kappa shape index (κ2) is 6.65. The molecule has 1 aliphatic carbocycles. The SMILES string of the molecule is COC(=O)N(C)C1CN(C(=O)C(Cl)(Cl)Cl)C2(CCC(=O)CC2)C1. The van der Waals surface area contributed by atoms with Crippen LogP contribution in [0.3, 0.4) is 0 Å². The maximum absolute atomic E-state index is 12.5. The molecule has 9 heteroatoms. The van der Waals surface area contributed by atoms with Crippen molar-refractivity contribution in [2.24, 2.45) is 0 Å². The first kappa shape index (κ1) is 18.6. The number of likely N-dealkylation sites (N-methyl/N-ethyl adjacent to an activating group) is 1. The largest absolute Gasteiger partial charge is 0.453 e. The van der Waals surface area contributed by atoms with Gasteiger partial charge in [0, 0.05) is 32.0 Å².